The molecule has 1 aliphatic rings. The molecule has 3 heterocycles. The standard InChI is InChI=1S/C22H24N4O2S/c1-2-16-28-18-8-5-17(6-9-18)7-10-20(27)25-12-14-26(15-13-25)22-24-19-4-3-11-23-21(19)29-22/h3-11H,2,12-16H2,1H3/b10-7+. The van der Waals surface area contributed by atoms with Crippen molar-refractivity contribution in [2.45, 2.75) is 13.3 Å². The normalized spacial score (nSPS) is 14.7. The Balaban J connectivity index is 1.31. The van der Waals surface area contributed by atoms with Crippen LogP contribution in [0.2, 0.25) is 0 Å². The first-order chi connectivity index (χ1) is 14.2. The van der Waals surface area contributed by atoms with E-state index in [0.29, 0.717) is 19.7 Å². The monoisotopic (exact) mass is 408 g/mol. The number of carbonyl (C=O) groups is 1. The minimum Gasteiger partial charge on any atom is -0.494 e. The van der Waals surface area contributed by atoms with E-state index in [1.807, 2.05) is 47.4 Å². The summed E-state index contributed by atoms with van der Waals surface area (Å²) in [7, 11) is 0. The maximum absolute atomic E-state index is 12.5. The predicted octanol–water partition coefficient (Wildman–Crippen LogP) is 3.84. The molecule has 3 aromatic rings. The summed E-state index contributed by atoms with van der Waals surface area (Å²) >= 11 is 1.60. The summed E-state index contributed by atoms with van der Waals surface area (Å²) in [5, 5.41) is 0.978. The van der Waals surface area contributed by atoms with E-state index in [4.69, 9.17) is 4.74 Å². The van der Waals surface area contributed by atoms with Crippen molar-refractivity contribution in [2.75, 3.05) is 37.7 Å². The van der Waals surface area contributed by atoms with Gasteiger partial charge in [-0.05, 0) is 42.3 Å². The summed E-state index contributed by atoms with van der Waals surface area (Å²) in [6, 6.07) is 11.7. The molecule has 1 aliphatic heterocycles. The van der Waals surface area contributed by atoms with Gasteiger partial charge in [-0.25, -0.2) is 9.97 Å². The molecule has 1 amide bonds. The Kier molecular flexibility index (Phi) is 6.05. The molecule has 4 rings (SSSR count). The second-order valence-electron chi connectivity index (χ2n) is 6.89. The van der Waals surface area contributed by atoms with Crippen molar-refractivity contribution in [1.82, 2.24) is 14.9 Å². The molecule has 1 saturated heterocycles. The molecule has 0 N–H and O–H groups in total. The summed E-state index contributed by atoms with van der Waals surface area (Å²) in [4.78, 5) is 26.6. The number of thiazole rings is 1. The summed E-state index contributed by atoms with van der Waals surface area (Å²) < 4.78 is 5.58. The van der Waals surface area contributed by atoms with Crippen LogP contribution in [0.3, 0.4) is 0 Å². The van der Waals surface area contributed by atoms with Gasteiger partial charge in [0.2, 0.25) is 5.91 Å². The molecule has 6 nitrogen and oxygen atoms in total. The predicted molar refractivity (Wildman–Crippen MR) is 117 cm³/mol. The first kappa shape index (κ1) is 19.4. The van der Waals surface area contributed by atoms with Gasteiger partial charge >= 0.3 is 0 Å². The van der Waals surface area contributed by atoms with E-state index in [1.54, 1.807) is 23.6 Å². The highest BCUT2D eigenvalue weighted by Gasteiger charge is 2.22. The van der Waals surface area contributed by atoms with Crippen LogP contribution < -0.4 is 9.64 Å². The van der Waals surface area contributed by atoms with Gasteiger partial charge in [0.15, 0.2) is 5.13 Å². The zero-order valence-corrected chi connectivity index (χ0v) is 17.3. The average Bonchev–Trinajstić information content (AvgIpc) is 3.21. The number of benzene rings is 1. The van der Waals surface area contributed by atoms with Crippen LogP contribution in [0.15, 0.2) is 48.7 Å². The minimum atomic E-state index is 0.0435. The fraction of sp³-hybridized carbons (Fsp3) is 0.318. The Labute approximate surface area is 174 Å². The summed E-state index contributed by atoms with van der Waals surface area (Å²) in [6.45, 7) is 5.74. The molecule has 0 aliphatic carbocycles. The van der Waals surface area contributed by atoms with Crippen LogP contribution in [-0.2, 0) is 4.79 Å². The van der Waals surface area contributed by atoms with Crippen molar-refractivity contribution in [3.63, 3.8) is 0 Å². The van der Waals surface area contributed by atoms with Gasteiger partial charge in [-0.15, -0.1) is 0 Å². The second-order valence-corrected chi connectivity index (χ2v) is 7.84. The number of hydrogen-bond acceptors (Lipinski definition) is 6. The Hall–Kier alpha value is -2.93. The quantitative estimate of drug-likeness (QED) is 0.580. The number of fused-ring (bicyclic) bond motifs is 1. The van der Waals surface area contributed by atoms with Crippen molar-refractivity contribution in [3.05, 3.63) is 54.2 Å². The molecule has 0 bridgehead atoms. The number of nitrogens with zero attached hydrogens (tertiary/aromatic N) is 4. The zero-order valence-electron chi connectivity index (χ0n) is 16.5. The first-order valence-electron chi connectivity index (χ1n) is 9.89. The van der Waals surface area contributed by atoms with E-state index in [0.717, 1.165) is 46.3 Å². The molecule has 0 spiro atoms. The molecule has 1 fully saturated rings. The number of piperazine rings is 1. The van der Waals surface area contributed by atoms with Crippen molar-refractivity contribution in [3.8, 4) is 5.75 Å². The third kappa shape index (κ3) is 4.74. The van der Waals surface area contributed by atoms with E-state index in [9.17, 15) is 4.79 Å². The molecule has 7 heteroatoms. The second kappa shape index (κ2) is 9.05. The lowest BCUT2D eigenvalue weighted by Gasteiger charge is -2.34. The van der Waals surface area contributed by atoms with E-state index >= 15 is 0 Å². The highest BCUT2D eigenvalue weighted by atomic mass is 32.1. The SMILES string of the molecule is CCCOc1ccc(/C=C/C(=O)N2CCN(c3nc4cccnc4s3)CC2)cc1. The average molecular weight is 409 g/mol. The molecule has 0 saturated carbocycles. The van der Waals surface area contributed by atoms with Crippen molar-refractivity contribution < 1.29 is 9.53 Å². The fourth-order valence-electron chi connectivity index (χ4n) is 3.18. The third-order valence-electron chi connectivity index (χ3n) is 4.79. The highest BCUT2D eigenvalue weighted by molar-refractivity contribution is 7.21. The van der Waals surface area contributed by atoms with Gasteiger partial charge < -0.3 is 14.5 Å². The molecule has 150 valence electrons. The highest BCUT2D eigenvalue weighted by Crippen LogP contribution is 2.27. The van der Waals surface area contributed by atoms with Crippen LogP contribution >= 0.6 is 11.3 Å². The zero-order chi connectivity index (χ0) is 20.1. The lowest BCUT2D eigenvalue weighted by Crippen LogP contribution is -2.48. The smallest absolute Gasteiger partial charge is 0.246 e. The summed E-state index contributed by atoms with van der Waals surface area (Å²) in [6.07, 6.45) is 6.29. The lowest BCUT2D eigenvalue weighted by molar-refractivity contribution is -0.126. The molecular formula is C22H24N4O2S. The molecule has 29 heavy (non-hydrogen) atoms. The topological polar surface area (TPSA) is 58.6 Å². The van der Waals surface area contributed by atoms with Crippen LogP contribution in [0.25, 0.3) is 16.4 Å². The number of anilines is 1. The summed E-state index contributed by atoms with van der Waals surface area (Å²) in [5.41, 5.74) is 1.92. The largest absolute Gasteiger partial charge is 0.494 e. The maximum Gasteiger partial charge on any atom is 0.246 e. The Morgan fingerprint density at radius 1 is 1.17 bits per heavy atom. The third-order valence-corrected chi connectivity index (χ3v) is 5.83. The fourth-order valence-corrected chi connectivity index (χ4v) is 4.14. The van der Waals surface area contributed by atoms with Crippen molar-refractivity contribution >= 4 is 38.8 Å². The Morgan fingerprint density at radius 2 is 1.97 bits per heavy atom. The van der Waals surface area contributed by atoms with Crippen LogP contribution in [0.5, 0.6) is 5.75 Å². The van der Waals surface area contributed by atoms with Crippen LogP contribution in [-0.4, -0.2) is 53.6 Å². The number of amides is 1. The summed E-state index contributed by atoms with van der Waals surface area (Å²) in [5.74, 6) is 0.901. The maximum atomic E-state index is 12.5. The van der Waals surface area contributed by atoms with Gasteiger partial charge in [-0.3, -0.25) is 4.79 Å². The molecule has 1 aromatic carbocycles. The number of carbonyl (C=O) groups excluding carboxylic acids is 1. The lowest BCUT2D eigenvalue weighted by atomic mass is 10.2. The van der Waals surface area contributed by atoms with Gasteiger partial charge in [-0.1, -0.05) is 30.4 Å². The molecule has 0 atom stereocenters. The Morgan fingerprint density at radius 3 is 2.69 bits per heavy atom. The van der Waals surface area contributed by atoms with E-state index in [1.165, 1.54) is 0 Å². The van der Waals surface area contributed by atoms with E-state index in [-0.39, 0.29) is 5.91 Å². The van der Waals surface area contributed by atoms with E-state index < -0.39 is 0 Å². The van der Waals surface area contributed by atoms with E-state index in [2.05, 4.69) is 21.8 Å². The number of hydrogen-bond donors (Lipinski definition) is 0. The molecule has 0 radical (unpaired) electrons. The van der Waals surface area contributed by atoms with Crippen molar-refractivity contribution in [2.24, 2.45) is 0 Å². The first-order valence-corrected chi connectivity index (χ1v) is 10.7. The van der Waals surface area contributed by atoms with Gasteiger partial charge in [0, 0.05) is 38.5 Å². The van der Waals surface area contributed by atoms with Gasteiger partial charge in [0.1, 0.15) is 16.1 Å². The number of rotatable bonds is 6. The molecule has 0 unspecified atom stereocenters. The number of pyridine rings is 1. The van der Waals surface area contributed by atoms with Gasteiger partial charge in [0.05, 0.1) is 6.61 Å². The number of ether oxygens (including phenoxy) is 1. The minimum absolute atomic E-state index is 0.0435. The van der Waals surface area contributed by atoms with Gasteiger partial charge in [0.25, 0.3) is 0 Å². The van der Waals surface area contributed by atoms with Crippen LogP contribution in [0, 0.1) is 0 Å². The Bertz CT molecular complexity index is 958. The van der Waals surface area contributed by atoms with Gasteiger partial charge in [-0.2, -0.15) is 0 Å². The van der Waals surface area contributed by atoms with Crippen molar-refractivity contribution in [1.29, 1.82) is 0 Å². The molecule has 2 aromatic heterocycles. The van der Waals surface area contributed by atoms with Crippen LogP contribution in [0.4, 0.5) is 5.13 Å². The molecular weight excluding hydrogens is 384 g/mol. The van der Waals surface area contributed by atoms with Crippen LogP contribution in [0.1, 0.15) is 18.9 Å². The number of aromatic nitrogens is 2.